The van der Waals surface area contributed by atoms with Crippen LogP contribution >= 0.6 is 12.4 Å². The van der Waals surface area contributed by atoms with Crippen molar-refractivity contribution in [2.45, 2.75) is 51.2 Å². The molecule has 108 valence electrons. The van der Waals surface area contributed by atoms with E-state index in [4.69, 9.17) is 5.73 Å². The van der Waals surface area contributed by atoms with Crippen molar-refractivity contribution in [1.82, 2.24) is 0 Å². The van der Waals surface area contributed by atoms with Gasteiger partial charge in [-0.1, -0.05) is 31.4 Å². The first-order valence-electron chi connectivity index (χ1n) is 6.80. The van der Waals surface area contributed by atoms with Gasteiger partial charge in [-0.3, -0.25) is 0 Å². The van der Waals surface area contributed by atoms with Crippen LogP contribution in [0.3, 0.4) is 0 Å². The average molecular weight is 288 g/mol. The van der Waals surface area contributed by atoms with Gasteiger partial charge in [0.25, 0.3) is 0 Å². The molecule has 2 nitrogen and oxygen atoms in total. The second kappa shape index (κ2) is 7.22. The van der Waals surface area contributed by atoms with Gasteiger partial charge in [-0.2, -0.15) is 0 Å². The van der Waals surface area contributed by atoms with Gasteiger partial charge in [0.15, 0.2) is 0 Å². The van der Waals surface area contributed by atoms with E-state index < -0.39 is 12.1 Å². The predicted octanol–water partition coefficient (Wildman–Crippen LogP) is 3.50. The Balaban J connectivity index is 0.00000180. The molecule has 0 saturated heterocycles. The van der Waals surface area contributed by atoms with Gasteiger partial charge in [-0.05, 0) is 42.9 Å². The first-order valence-corrected chi connectivity index (χ1v) is 6.80. The van der Waals surface area contributed by atoms with E-state index in [9.17, 15) is 9.50 Å². The molecule has 1 fully saturated rings. The minimum Gasteiger partial charge on any atom is -0.391 e. The monoisotopic (exact) mass is 287 g/mol. The van der Waals surface area contributed by atoms with Crippen molar-refractivity contribution in [2.75, 3.05) is 0 Å². The summed E-state index contributed by atoms with van der Waals surface area (Å²) in [4.78, 5) is 0. The number of rotatable bonds is 3. The minimum atomic E-state index is -0.564. The predicted molar refractivity (Wildman–Crippen MR) is 77.9 cm³/mol. The van der Waals surface area contributed by atoms with E-state index >= 15 is 0 Å². The van der Waals surface area contributed by atoms with Crippen LogP contribution < -0.4 is 5.73 Å². The second-order valence-electron chi connectivity index (χ2n) is 5.37. The van der Waals surface area contributed by atoms with Gasteiger partial charge in [0.05, 0.1) is 12.1 Å². The van der Waals surface area contributed by atoms with E-state index in [2.05, 4.69) is 0 Å². The third-order valence-corrected chi connectivity index (χ3v) is 4.17. The highest BCUT2D eigenvalue weighted by Gasteiger charge is 2.28. The highest BCUT2D eigenvalue weighted by atomic mass is 35.5. The van der Waals surface area contributed by atoms with Crippen LogP contribution in [0.25, 0.3) is 0 Å². The van der Waals surface area contributed by atoms with E-state index in [-0.39, 0.29) is 24.1 Å². The molecule has 0 bridgehead atoms. The average Bonchev–Trinajstić information content (AvgIpc) is 2.41. The summed E-state index contributed by atoms with van der Waals surface area (Å²) in [5, 5.41) is 10.4. The van der Waals surface area contributed by atoms with Crippen molar-refractivity contribution in [3.05, 3.63) is 35.1 Å². The molecule has 0 aromatic heterocycles. The lowest BCUT2D eigenvalue weighted by Crippen LogP contribution is -2.34. The Bertz CT molecular complexity index is 407. The molecule has 4 heteroatoms. The van der Waals surface area contributed by atoms with Crippen LogP contribution in [0.4, 0.5) is 4.39 Å². The SMILES string of the molecule is Cc1c(F)cccc1[C@H](N)[C@H](O)C1CCCCC1.Cl. The lowest BCUT2D eigenvalue weighted by Gasteiger charge is -2.31. The van der Waals surface area contributed by atoms with E-state index in [1.54, 1.807) is 13.0 Å². The first kappa shape index (κ1) is 16.4. The largest absolute Gasteiger partial charge is 0.391 e. The van der Waals surface area contributed by atoms with Crippen LogP contribution in [0.1, 0.15) is 49.3 Å². The first-order chi connectivity index (χ1) is 8.61. The van der Waals surface area contributed by atoms with Gasteiger partial charge in [0.1, 0.15) is 5.82 Å². The number of hydrogen-bond acceptors (Lipinski definition) is 2. The maximum atomic E-state index is 13.5. The Morgan fingerprint density at radius 1 is 1.26 bits per heavy atom. The maximum absolute atomic E-state index is 13.5. The molecular formula is C15H23ClFNO. The third kappa shape index (κ3) is 3.68. The fourth-order valence-electron chi connectivity index (χ4n) is 2.94. The molecule has 1 aromatic carbocycles. The van der Waals surface area contributed by atoms with Crippen LogP contribution in [0, 0.1) is 18.7 Å². The Hall–Kier alpha value is -0.640. The summed E-state index contributed by atoms with van der Waals surface area (Å²) in [6, 6.07) is 4.42. The van der Waals surface area contributed by atoms with E-state index in [1.807, 2.05) is 6.07 Å². The standard InChI is InChI=1S/C15H22FNO.ClH/c1-10-12(8-5-9-13(10)16)14(17)15(18)11-6-3-2-4-7-11;/h5,8-9,11,14-15,18H,2-4,6-7,17H2,1H3;1H/t14-,15+;/m0./s1. The summed E-state index contributed by atoms with van der Waals surface area (Å²) in [6.45, 7) is 1.72. The zero-order valence-corrected chi connectivity index (χ0v) is 12.1. The van der Waals surface area contributed by atoms with Crippen LogP contribution in [-0.4, -0.2) is 11.2 Å². The van der Waals surface area contributed by atoms with E-state index in [1.165, 1.54) is 12.5 Å². The highest BCUT2D eigenvalue weighted by molar-refractivity contribution is 5.85. The lowest BCUT2D eigenvalue weighted by atomic mass is 9.80. The molecule has 0 aliphatic heterocycles. The molecule has 2 rings (SSSR count). The van der Waals surface area contributed by atoms with Crippen molar-refractivity contribution in [3.63, 3.8) is 0 Å². The van der Waals surface area contributed by atoms with Gasteiger partial charge in [-0.15, -0.1) is 12.4 Å². The number of benzene rings is 1. The van der Waals surface area contributed by atoms with Crippen molar-refractivity contribution in [3.8, 4) is 0 Å². The van der Waals surface area contributed by atoms with Gasteiger partial charge in [0.2, 0.25) is 0 Å². The molecule has 0 heterocycles. The lowest BCUT2D eigenvalue weighted by molar-refractivity contribution is 0.0615. The van der Waals surface area contributed by atoms with E-state index in [0.717, 1.165) is 31.2 Å². The van der Waals surface area contributed by atoms with Crippen molar-refractivity contribution >= 4 is 12.4 Å². The molecule has 0 spiro atoms. The highest BCUT2D eigenvalue weighted by Crippen LogP contribution is 2.32. The number of halogens is 2. The molecule has 1 aliphatic rings. The molecular weight excluding hydrogens is 265 g/mol. The second-order valence-corrected chi connectivity index (χ2v) is 5.37. The summed E-state index contributed by atoms with van der Waals surface area (Å²) >= 11 is 0. The third-order valence-electron chi connectivity index (χ3n) is 4.17. The van der Waals surface area contributed by atoms with E-state index in [0.29, 0.717) is 5.56 Å². The molecule has 0 radical (unpaired) electrons. The Labute approximate surface area is 120 Å². The normalized spacial score (nSPS) is 19.6. The maximum Gasteiger partial charge on any atom is 0.126 e. The summed E-state index contributed by atoms with van der Waals surface area (Å²) in [5.41, 5.74) is 7.41. The van der Waals surface area contributed by atoms with Crippen LogP contribution in [0.2, 0.25) is 0 Å². The summed E-state index contributed by atoms with van der Waals surface area (Å²) < 4.78 is 13.5. The van der Waals surface area contributed by atoms with Gasteiger partial charge in [0, 0.05) is 0 Å². The smallest absolute Gasteiger partial charge is 0.126 e. The summed E-state index contributed by atoms with van der Waals surface area (Å²) in [7, 11) is 0. The molecule has 19 heavy (non-hydrogen) atoms. The quantitative estimate of drug-likeness (QED) is 0.894. The molecule has 2 atom stereocenters. The molecule has 0 amide bonds. The van der Waals surface area contributed by atoms with Crippen molar-refractivity contribution in [2.24, 2.45) is 11.7 Å². The zero-order chi connectivity index (χ0) is 13.1. The van der Waals surface area contributed by atoms with Gasteiger partial charge in [-0.25, -0.2) is 4.39 Å². The zero-order valence-electron chi connectivity index (χ0n) is 11.3. The van der Waals surface area contributed by atoms with Crippen LogP contribution in [0.15, 0.2) is 18.2 Å². The number of hydrogen-bond donors (Lipinski definition) is 2. The number of aliphatic hydroxyl groups is 1. The topological polar surface area (TPSA) is 46.2 Å². The molecule has 3 N–H and O–H groups in total. The Kier molecular flexibility index (Phi) is 6.24. The molecule has 1 aliphatic carbocycles. The summed E-state index contributed by atoms with van der Waals surface area (Å²) in [5.74, 6) is 0.00946. The van der Waals surface area contributed by atoms with Gasteiger partial charge >= 0.3 is 0 Å². The van der Waals surface area contributed by atoms with Crippen LogP contribution in [-0.2, 0) is 0 Å². The van der Waals surface area contributed by atoms with Crippen LogP contribution in [0.5, 0.6) is 0 Å². The Morgan fingerprint density at radius 3 is 2.53 bits per heavy atom. The fourth-order valence-corrected chi connectivity index (χ4v) is 2.94. The number of nitrogens with two attached hydrogens (primary N) is 1. The molecule has 1 saturated carbocycles. The van der Waals surface area contributed by atoms with Crippen molar-refractivity contribution in [1.29, 1.82) is 0 Å². The molecule has 1 aromatic rings. The van der Waals surface area contributed by atoms with Gasteiger partial charge < -0.3 is 10.8 Å². The number of aliphatic hydroxyl groups excluding tert-OH is 1. The Morgan fingerprint density at radius 2 is 1.89 bits per heavy atom. The molecule has 0 unspecified atom stereocenters. The summed E-state index contributed by atoms with van der Waals surface area (Å²) in [6.07, 6.45) is 5.07. The van der Waals surface area contributed by atoms with Crippen molar-refractivity contribution < 1.29 is 9.50 Å². The fraction of sp³-hybridized carbons (Fsp3) is 0.600. The minimum absolute atomic E-state index is 0.